The number of benzene rings is 1. The third-order valence-corrected chi connectivity index (χ3v) is 4.76. The Kier molecular flexibility index (Phi) is 6.39. The molecule has 1 aliphatic heterocycles. The Morgan fingerprint density at radius 3 is 2.60 bits per heavy atom. The van der Waals surface area contributed by atoms with Gasteiger partial charge in [-0.05, 0) is 25.3 Å². The van der Waals surface area contributed by atoms with Gasteiger partial charge >= 0.3 is 6.09 Å². The molecule has 1 fully saturated rings. The van der Waals surface area contributed by atoms with Gasteiger partial charge in [0.2, 0.25) is 0 Å². The standard InChI is InChI=1S/C18H26N2O5/c1-13-12-18(25,9-10-20(13)17(23)24)16(22)19-15(8-5-11-21)14-6-3-2-4-7-14/h2-4,6-7,13,15,21,25H,5,8-12H2,1H3,(H,19,22)(H,23,24)/t13?,15-,18?/m0/s1. The molecule has 138 valence electrons. The summed E-state index contributed by atoms with van der Waals surface area (Å²) in [6, 6.07) is 8.66. The first-order chi connectivity index (χ1) is 11.9. The summed E-state index contributed by atoms with van der Waals surface area (Å²) in [5.41, 5.74) is -0.679. The Hall–Kier alpha value is -2.12. The molecule has 0 aromatic heterocycles. The smallest absolute Gasteiger partial charge is 0.407 e. The molecule has 2 amide bonds. The van der Waals surface area contributed by atoms with Gasteiger partial charge in [-0.2, -0.15) is 0 Å². The van der Waals surface area contributed by atoms with Crippen LogP contribution in [0.25, 0.3) is 0 Å². The number of aliphatic hydroxyl groups is 2. The zero-order chi connectivity index (χ0) is 18.4. The third kappa shape index (κ3) is 4.70. The van der Waals surface area contributed by atoms with E-state index in [0.29, 0.717) is 12.8 Å². The first kappa shape index (κ1) is 19.2. The molecule has 3 atom stereocenters. The lowest BCUT2D eigenvalue weighted by Crippen LogP contribution is -2.58. The summed E-state index contributed by atoms with van der Waals surface area (Å²) in [6.07, 6.45) is 0.171. The van der Waals surface area contributed by atoms with Gasteiger partial charge in [0, 0.05) is 32.0 Å². The Balaban J connectivity index is 2.08. The fourth-order valence-electron chi connectivity index (χ4n) is 3.31. The van der Waals surface area contributed by atoms with Gasteiger partial charge in [0.05, 0.1) is 6.04 Å². The molecule has 1 heterocycles. The average Bonchev–Trinajstić information content (AvgIpc) is 2.58. The summed E-state index contributed by atoms with van der Waals surface area (Å²) in [5.74, 6) is -0.490. The Morgan fingerprint density at radius 2 is 2.04 bits per heavy atom. The monoisotopic (exact) mass is 350 g/mol. The largest absolute Gasteiger partial charge is 0.465 e. The van der Waals surface area contributed by atoms with E-state index < -0.39 is 23.6 Å². The topological polar surface area (TPSA) is 110 Å². The second-order valence-electron chi connectivity index (χ2n) is 6.61. The van der Waals surface area contributed by atoms with Crippen LogP contribution in [-0.4, -0.2) is 57.0 Å². The van der Waals surface area contributed by atoms with Crippen molar-refractivity contribution in [1.29, 1.82) is 0 Å². The molecule has 2 rings (SSSR count). The highest BCUT2D eigenvalue weighted by Gasteiger charge is 2.44. The van der Waals surface area contributed by atoms with Gasteiger partial charge in [-0.25, -0.2) is 4.79 Å². The molecule has 1 aliphatic rings. The average molecular weight is 350 g/mol. The summed E-state index contributed by atoms with van der Waals surface area (Å²) in [5, 5.41) is 31.8. The van der Waals surface area contributed by atoms with E-state index in [4.69, 9.17) is 10.2 Å². The number of amides is 2. The highest BCUT2D eigenvalue weighted by atomic mass is 16.4. The number of rotatable bonds is 6. The number of carbonyl (C=O) groups excluding carboxylic acids is 1. The Bertz CT molecular complexity index is 594. The molecule has 1 aromatic rings. The number of likely N-dealkylation sites (tertiary alicyclic amines) is 1. The minimum absolute atomic E-state index is 0.0219. The maximum Gasteiger partial charge on any atom is 0.407 e. The van der Waals surface area contributed by atoms with Crippen LogP contribution in [0.3, 0.4) is 0 Å². The van der Waals surface area contributed by atoms with Crippen molar-refractivity contribution in [3.8, 4) is 0 Å². The molecule has 25 heavy (non-hydrogen) atoms. The van der Waals surface area contributed by atoms with Crippen molar-refractivity contribution in [2.75, 3.05) is 13.2 Å². The maximum absolute atomic E-state index is 12.7. The molecule has 0 saturated carbocycles. The second kappa shape index (κ2) is 8.31. The number of nitrogens with zero attached hydrogens (tertiary/aromatic N) is 1. The van der Waals surface area contributed by atoms with Crippen LogP contribution in [0, 0.1) is 0 Å². The minimum Gasteiger partial charge on any atom is -0.465 e. The molecular formula is C18H26N2O5. The SMILES string of the molecule is CC1CC(O)(C(=O)N[C@@H](CCCO)c2ccccc2)CCN1C(=O)O. The van der Waals surface area contributed by atoms with Gasteiger partial charge in [-0.1, -0.05) is 30.3 Å². The summed E-state index contributed by atoms with van der Waals surface area (Å²) in [4.78, 5) is 25.1. The molecule has 7 heteroatoms. The van der Waals surface area contributed by atoms with E-state index >= 15 is 0 Å². The summed E-state index contributed by atoms with van der Waals surface area (Å²) in [7, 11) is 0. The van der Waals surface area contributed by atoms with Crippen LogP contribution >= 0.6 is 0 Å². The van der Waals surface area contributed by atoms with E-state index in [1.54, 1.807) is 6.92 Å². The quantitative estimate of drug-likeness (QED) is 0.622. The third-order valence-electron chi connectivity index (χ3n) is 4.76. The zero-order valence-corrected chi connectivity index (χ0v) is 14.4. The molecule has 0 bridgehead atoms. The lowest BCUT2D eigenvalue weighted by molar-refractivity contribution is -0.147. The van der Waals surface area contributed by atoms with Crippen molar-refractivity contribution in [3.63, 3.8) is 0 Å². The first-order valence-corrected chi connectivity index (χ1v) is 8.56. The van der Waals surface area contributed by atoms with Crippen LogP contribution in [0.2, 0.25) is 0 Å². The molecule has 0 radical (unpaired) electrons. The van der Waals surface area contributed by atoms with E-state index in [1.807, 2.05) is 30.3 Å². The van der Waals surface area contributed by atoms with E-state index in [9.17, 15) is 14.7 Å². The highest BCUT2D eigenvalue weighted by molar-refractivity contribution is 5.85. The predicted molar refractivity (Wildman–Crippen MR) is 92.0 cm³/mol. The molecule has 7 nitrogen and oxygen atoms in total. The predicted octanol–water partition coefficient (Wildman–Crippen LogP) is 1.51. The van der Waals surface area contributed by atoms with Crippen LogP contribution < -0.4 is 5.32 Å². The van der Waals surface area contributed by atoms with Gasteiger partial charge in [0.1, 0.15) is 5.60 Å². The van der Waals surface area contributed by atoms with Crippen LogP contribution in [0.5, 0.6) is 0 Å². The van der Waals surface area contributed by atoms with Crippen LogP contribution in [0.1, 0.15) is 44.2 Å². The van der Waals surface area contributed by atoms with Gasteiger partial charge < -0.3 is 25.5 Å². The fraction of sp³-hybridized carbons (Fsp3) is 0.556. The number of carboxylic acid groups (broad SMARTS) is 1. The Morgan fingerprint density at radius 1 is 1.36 bits per heavy atom. The van der Waals surface area contributed by atoms with Gasteiger partial charge in [0.15, 0.2) is 0 Å². The van der Waals surface area contributed by atoms with Crippen molar-refractivity contribution in [2.24, 2.45) is 0 Å². The zero-order valence-electron chi connectivity index (χ0n) is 14.4. The van der Waals surface area contributed by atoms with Gasteiger partial charge in [0.25, 0.3) is 5.91 Å². The van der Waals surface area contributed by atoms with E-state index in [2.05, 4.69) is 5.32 Å². The van der Waals surface area contributed by atoms with Crippen molar-refractivity contribution < 1.29 is 24.9 Å². The van der Waals surface area contributed by atoms with E-state index in [1.165, 1.54) is 4.90 Å². The summed E-state index contributed by atoms with van der Waals surface area (Å²) < 4.78 is 0. The maximum atomic E-state index is 12.7. The first-order valence-electron chi connectivity index (χ1n) is 8.56. The lowest BCUT2D eigenvalue weighted by atomic mass is 9.85. The van der Waals surface area contributed by atoms with Crippen molar-refractivity contribution >= 4 is 12.0 Å². The molecule has 0 spiro atoms. The molecule has 0 aliphatic carbocycles. The van der Waals surface area contributed by atoms with Crippen LogP contribution in [-0.2, 0) is 4.79 Å². The molecule has 1 saturated heterocycles. The van der Waals surface area contributed by atoms with E-state index in [0.717, 1.165) is 5.56 Å². The van der Waals surface area contributed by atoms with Crippen molar-refractivity contribution in [1.82, 2.24) is 10.2 Å². The minimum atomic E-state index is -1.59. The number of carbonyl (C=O) groups is 2. The Labute approximate surface area is 147 Å². The highest BCUT2D eigenvalue weighted by Crippen LogP contribution is 2.29. The number of piperidine rings is 1. The van der Waals surface area contributed by atoms with Crippen LogP contribution in [0.15, 0.2) is 30.3 Å². The molecule has 4 N–H and O–H groups in total. The summed E-state index contributed by atoms with van der Waals surface area (Å²) >= 11 is 0. The molecule has 1 aromatic carbocycles. The van der Waals surface area contributed by atoms with Crippen molar-refractivity contribution in [3.05, 3.63) is 35.9 Å². The second-order valence-corrected chi connectivity index (χ2v) is 6.61. The lowest BCUT2D eigenvalue weighted by Gasteiger charge is -2.40. The normalized spacial score (nSPS) is 24.6. The van der Waals surface area contributed by atoms with Gasteiger partial charge in [-0.15, -0.1) is 0 Å². The number of hydrogen-bond acceptors (Lipinski definition) is 4. The van der Waals surface area contributed by atoms with Crippen molar-refractivity contribution in [2.45, 2.75) is 50.3 Å². The molecule has 2 unspecified atom stereocenters. The number of aliphatic hydroxyl groups excluding tert-OH is 1. The van der Waals surface area contributed by atoms with Gasteiger partial charge in [-0.3, -0.25) is 4.79 Å². The van der Waals surface area contributed by atoms with E-state index in [-0.39, 0.29) is 32.0 Å². The fourth-order valence-corrected chi connectivity index (χ4v) is 3.31. The summed E-state index contributed by atoms with van der Waals surface area (Å²) in [6.45, 7) is 1.83. The van der Waals surface area contributed by atoms with Crippen LogP contribution in [0.4, 0.5) is 4.79 Å². The number of hydrogen-bond donors (Lipinski definition) is 4. The molecular weight excluding hydrogens is 324 g/mol. The number of nitrogens with one attached hydrogen (secondary N) is 1.